The summed E-state index contributed by atoms with van der Waals surface area (Å²) in [6.45, 7) is 5.01. The van der Waals surface area contributed by atoms with Gasteiger partial charge in [-0.3, -0.25) is 14.6 Å². The zero-order chi connectivity index (χ0) is 14.4. The number of allylic oxidation sites excluding steroid dienone is 2. The first-order valence-electron chi connectivity index (χ1n) is 7.59. The number of hydrogen-bond donors (Lipinski definition) is 1. The highest BCUT2D eigenvalue weighted by Crippen LogP contribution is 2.20. The summed E-state index contributed by atoms with van der Waals surface area (Å²) < 4.78 is 5.80. The van der Waals surface area contributed by atoms with Gasteiger partial charge in [0.2, 0.25) is 5.91 Å². The molecule has 20 heavy (non-hydrogen) atoms. The van der Waals surface area contributed by atoms with Crippen molar-refractivity contribution in [2.24, 2.45) is 11.7 Å². The van der Waals surface area contributed by atoms with E-state index >= 15 is 0 Å². The van der Waals surface area contributed by atoms with Crippen molar-refractivity contribution in [3.8, 4) is 0 Å². The summed E-state index contributed by atoms with van der Waals surface area (Å²) in [5.41, 5.74) is 5.21. The first-order valence-corrected chi connectivity index (χ1v) is 7.59. The summed E-state index contributed by atoms with van der Waals surface area (Å²) in [6.07, 6.45) is 8.53. The van der Waals surface area contributed by atoms with Gasteiger partial charge in [-0.25, -0.2) is 0 Å². The fraction of sp³-hybridized carbons (Fsp3) is 0.800. The average molecular weight is 281 g/mol. The zero-order valence-electron chi connectivity index (χ0n) is 12.5. The van der Waals surface area contributed by atoms with Gasteiger partial charge in [-0.05, 0) is 32.2 Å². The minimum atomic E-state index is -0.283. The quantitative estimate of drug-likeness (QED) is 0.719. The molecule has 2 rings (SSSR count). The molecule has 0 aromatic heterocycles. The van der Waals surface area contributed by atoms with E-state index < -0.39 is 0 Å². The number of amides is 1. The van der Waals surface area contributed by atoms with Crippen LogP contribution in [0.1, 0.15) is 19.3 Å². The Hall–Kier alpha value is -0.910. The molecule has 114 valence electrons. The Morgan fingerprint density at radius 1 is 1.50 bits per heavy atom. The normalized spacial score (nSPS) is 27.9. The van der Waals surface area contributed by atoms with E-state index in [2.05, 4.69) is 17.1 Å². The molecule has 0 aromatic rings. The van der Waals surface area contributed by atoms with E-state index in [1.54, 1.807) is 0 Å². The van der Waals surface area contributed by atoms with E-state index in [1.165, 1.54) is 25.8 Å². The first kappa shape index (κ1) is 15.5. The van der Waals surface area contributed by atoms with E-state index in [-0.39, 0.29) is 12.0 Å². The number of nitrogens with two attached hydrogens (primary N) is 1. The summed E-state index contributed by atoms with van der Waals surface area (Å²) in [5, 5.41) is 0. The highest BCUT2D eigenvalue weighted by molar-refractivity contribution is 5.75. The van der Waals surface area contributed by atoms with Crippen LogP contribution in [0.5, 0.6) is 0 Å². The maximum Gasteiger partial charge on any atom is 0.231 e. The topological polar surface area (TPSA) is 58.8 Å². The Morgan fingerprint density at radius 3 is 3.05 bits per heavy atom. The lowest BCUT2D eigenvalue weighted by atomic mass is 9.94. The fourth-order valence-corrected chi connectivity index (χ4v) is 3.12. The van der Waals surface area contributed by atoms with E-state index in [0.29, 0.717) is 6.54 Å². The van der Waals surface area contributed by atoms with E-state index in [0.717, 1.165) is 32.2 Å². The van der Waals surface area contributed by atoms with Crippen LogP contribution in [-0.4, -0.2) is 68.2 Å². The van der Waals surface area contributed by atoms with Gasteiger partial charge in [0.15, 0.2) is 0 Å². The van der Waals surface area contributed by atoms with Crippen LogP contribution in [0.3, 0.4) is 0 Å². The van der Waals surface area contributed by atoms with Crippen LogP contribution in [-0.2, 0) is 9.53 Å². The second-order valence-electron chi connectivity index (χ2n) is 6.07. The summed E-state index contributed by atoms with van der Waals surface area (Å²) >= 11 is 0. The highest BCUT2D eigenvalue weighted by atomic mass is 16.5. The Balaban J connectivity index is 1.73. The predicted octanol–water partition coefficient (Wildman–Crippen LogP) is 0.461. The molecule has 2 aliphatic rings. The standard InChI is InChI=1S/C15H27N3O2/c1-17(12-15(16)19)10-14-11-18(7-8-20-14)9-13-5-3-2-4-6-13/h2-3,13-14H,4-12H2,1H3,(H2,16,19)/t13-,14+/m0/s1. The SMILES string of the molecule is CN(CC(N)=O)C[C@@H]1CN(C[C@H]2CC=CCC2)CCO1. The molecule has 0 saturated carbocycles. The molecule has 2 atom stereocenters. The van der Waals surface area contributed by atoms with E-state index in [1.807, 2.05) is 11.9 Å². The molecule has 2 N–H and O–H groups in total. The molecule has 5 heteroatoms. The number of rotatable bonds is 6. The summed E-state index contributed by atoms with van der Waals surface area (Å²) in [6, 6.07) is 0. The minimum absolute atomic E-state index is 0.187. The van der Waals surface area contributed by atoms with Gasteiger partial charge >= 0.3 is 0 Å². The first-order chi connectivity index (χ1) is 9.63. The maximum atomic E-state index is 10.9. The minimum Gasteiger partial charge on any atom is -0.374 e. The molecule has 1 saturated heterocycles. The van der Waals surface area contributed by atoms with E-state index in [9.17, 15) is 4.79 Å². The Morgan fingerprint density at radius 2 is 2.35 bits per heavy atom. The molecular formula is C15H27N3O2. The van der Waals surface area contributed by atoms with Crippen LogP contribution in [0.2, 0.25) is 0 Å². The Kier molecular flexibility index (Phi) is 6.01. The molecule has 1 fully saturated rings. The summed E-state index contributed by atoms with van der Waals surface area (Å²) in [5.74, 6) is 0.510. The number of morpholine rings is 1. The molecule has 0 aromatic carbocycles. The number of ether oxygens (including phenoxy) is 1. The van der Waals surface area contributed by atoms with Crippen LogP contribution < -0.4 is 5.73 Å². The van der Waals surface area contributed by atoms with Crippen LogP contribution in [0, 0.1) is 5.92 Å². The maximum absolute atomic E-state index is 10.9. The third kappa shape index (κ3) is 5.23. The lowest BCUT2D eigenvalue weighted by molar-refractivity contribution is -0.119. The largest absolute Gasteiger partial charge is 0.374 e. The lowest BCUT2D eigenvalue weighted by Crippen LogP contribution is -2.49. The molecule has 1 aliphatic carbocycles. The molecule has 0 bridgehead atoms. The Bertz CT molecular complexity index is 346. The van der Waals surface area contributed by atoms with E-state index in [4.69, 9.17) is 10.5 Å². The fourth-order valence-electron chi connectivity index (χ4n) is 3.12. The van der Waals surface area contributed by atoms with Crippen molar-refractivity contribution in [2.75, 3.05) is 46.4 Å². The second-order valence-corrected chi connectivity index (χ2v) is 6.07. The molecule has 0 unspecified atom stereocenters. The molecule has 1 aliphatic heterocycles. The monoisotopic (exact) mass is 281 g/mol. The van der Waals surface area contributed by atoms with Crippen LogP contribution in [0.4, 0.5) is 0 Å². The van der Waals surface area contributed by atoms with Gasteiger partial charge in [-0.15, -0.1) is 0 Å². The van der Waals surface area contributed by atoms with Crippen molar-refractivity contribution in [2.45, 2.75) is 25.4 Å². The highest BCUT2D eigenvalue weighted by Gasteiger charge is 2.24. The smallest absolute Gasteiger partial charge is 0.231 e. The third-order valence-electron chi connectivity index (χ3n) is 4.06. The van der Waals surface area contributed by atoms with Crippen LogP contribution in [0.15, 0.2) is 12.2 Å². The van der Waals surface area contributed by atoms with Gasteiger partial charge in [0.1, 0.15) is 0 Å². The Labute approximate surface area is 121 Å². The van der Waals surface area contributed by atoms with Crippen molar-refractivity contribution in [3.05, 3.63) is 12.2 Å². The van der Waals surface area contributed by atoms with Crippen LogP contribution in [0.25, 0.3) is 0 Å². The number of likely N-dealkylation sites (N-methyl/N-ethyl adjacent to an activating group) is 1. The lowest BCUT2D eigenvalue weighted by Gasteiger charge is -2.36. The van der Waals surface area contributed by atoms with Crippen molar-refractivity contribution >= 4 is 5.91 Å². The van der Waals surface area contributed by atoms with Crippen molar-refractivity contribution in [1.29, 1.82) is 0 Å². The summed E-state index contributed by atoms with van der Waals surface area (Å²) in [7, 11) is 1.92. The third-order valence-corrected chi connectivity index (χ3v) is 4.06. The number of carbonyl (C=O) groups is 1. The number of nitrogens with zero attached hydrogens (tertiary/aromatic N) is 2. The van der Waals surface area contributed by atoms with Crippen LogP contribution >= 0.6 is 0 Å². The number of primary amides is 1. The molecule has 5 nitrogen and oxygen atoms in total. The molecule has 1 heterocycles. The van der Waals surface area contributed by atoms with Gasteiger partial charge in [-0.2, -0.15) is 0 Å². The molecule has 0 radical (unpaired) electrons. The van der Waals surface area contributed by atoms with Crippen molar-refractivity contribution in [1.82, 2.24) is 9.80 Å². The molecular weight excluding hydrogens is 254 g/mol. The molecule has 0 spiro atoms. The summed E-state index contributed by atoms with van der Waals surface area (Å²) in [4.78, 5) is 15.4. The van der Waals surface area contributed by atoms with Gasteiger partial charge in [-0.1, -0.05) is 12.2 Å². The van der Waals surface area contributed by atoms with Gasteiger partial charge in [0.05, 0.1) is 19.3 Å². The molecule has 1 amide bonds. The van der Waals surface area contributed by atoms with Gasteiger partial charge in [0, 0.05) is 26.2 Å². The predicted molar refractivity (Wildman–Crippen MR) is 79.4 cm³/mol. The van der Waals surface area contributed by atoms with Crippen molar-refractivity contribution in [3.63, 3.8) is 0 Å². The van der Waals surface area contributed by atoms with Gasteiger partial charge in [0.25, 0.3) is 0 Å². The zero-order valence-corrected chi connectivity index (χ0v) is 12.5. The average Bonchev–Trinajstić information content (AvgIpc) is 2.39. The number of carbonyl (C=O) groups excluding carboxylic acids is 1. The van der Waals surface area contributed by atoms with Crippen molar-refractivity contribution < 1.29 is 9.53 Å². The number of hydrogen-bond acceptors (Lipinski definition) is 4. The van der Waals surface area contributed by atoms with Gasteiger partial charge < -0.3 is 10.5 Å². The second kappa shape index (κ2) is 7.76.